The van der Waals surface area contributed by atoms with Crippen molar-refractivity contribution in [2.75, 3.05) is 6.54 Å². The second-order valence-corrected chi connectivity index (χ2v) is 5.32. The number of carbonyl (C=O) groups is 1. The van der Waals surface area contributed by atoms with Crippen LogP contribution in [-0.2, 0) is 0 Å². The van der Waals surface area contributed by atoms with E-state index < -0.39 is 5.54 Å². The smallest absolute Gasteiger partial charge is 0.300 e. The summed E-state index contributed by atoms with van der Waals surface area (Å²) in [4.78, 5) is 13.5. The number of amidine groups is 1. The molecule has 1 saturated carbocycles. The maximum Gasteiger partial charge on any atom is 0.324 e. The average molecular weight is 233 g/mol. The third-order valence-corrected chi connectivity index (χ3v) is 4.35. The monoisotopic (exact) mass is 233 g/mol. The van der Waals surface area contributed by atoms with Gasteiger partial charge < -0.3 is 4.90 Å². The Kier molecular flexibility index (Phi) is 2.86. The molecule has 0 radical (unpaired) electrons. The number of carbonyl (C=O) groups excluding carboxylic acids is 1. The molecule has 1 saturated heterocycles. The predicted octanol–water partition coefficient (Wildman–Crippen LogP) is 1.82. The minimum Gasteiger partial charge on any atom is -0.300 e. The first kappa shape index (κ1) is 12.0. The van der Waals surface area contributed by atoms with Gasteiger partial charge in [0, 0.05) is 0 Å². The molecule has 2 rings (SSSR count). The Hall–Kier alpha value is -1.50. The summed E-state index contributed by atoms with van der Waals surface area (Å²) in [6.07, 6.45) is 8.05. The van der Waals surface area contributed by atoms with E-state index in [2.05, 4.69) is 25.1 Å². The van der Waals surface area contributed by atoms with Crippen LogP contribution in [0.4, 0.5) is 4.79 Å². The van der Waals surface area contributed by atoms with Crippen molar-refractivity contribution < 1.29 is 4.79 Å². The van der Waals surface area contributed by atoms with Gasteiger partial charge in [0.25, 0.3) is 0 Å². The maximum atomic E-state index is 11.8. The summed E-state index contributed by atoms with van der Waals surface area (Å²) in [5.41, 5.74) is -0.463. The lowest BCUT2D eigenvalue weighted by Crippen LogP contribution is -2.53. The van der Waals surface area contributed by atoms with Crippen molar-refractivity contribution in [3.05, 3.63) is 0 Å². The van der Waals surface area contributed by atoms with Gasteiger partial charge in [-0.15, -0.1) is 6.42 Å². The van der Waals surface area contributed by atoms with E-state index in [4.69, 9.17) is 11.8 Å². The molecule has 17 heavy (non-hydrogen) atoms. The van der Waals surface area contributed by atoms with Gasteiger partial charge in [0.05, 0.1) is 6.54 Å². The van der Waals surface area contributed by atoms with Gasteiger partial charge in [0.1, 0.15) is 11.4 Å². The van der Waals surface area contributed by atoms with E-state index in [9.17, 15) is 4.79 Å². The molecule has 0 aromatic carbocycles. The van der Waals surface area contributed by atoms with Crippen LogP contribution in [0.2, 0.25) is 0 Å². The molecule has 3 atom stereocenters. The Morgan fingerprint density at radius 1 is 1.59 bits per heavy atom. The summed E-state index contributed by atoms with van der Waals surface area (Å²) >= 11 is 0. The van der Waals surface area contributed by atoms with Gasteiger partial charge in [-0.2, -0.15) is 0 Å². The molecule has 1 aliphatic carbocycles. The minimum atomic E-state index is -0.463. The Morgan fingerprint density at radius 3 is 2.88 bits per heavy atom. The zero-order valence-electron chi connectivity index (χ0n) is 10.4. The summed E-state index contributed by atoms with van der Waals surface area (Å²) in [5.74, 6) is 4.02. The first-order valence-corrected chi connectivity index (χ1v) is 6.12. The SMILES string of the molecule is C#CCN1C(=O)NC(=N)C12CCC(C)C(C)C2. The molecule has 2 amide bonds. The number of urea groups is 1. The van der Waals surface area contributed by atoms with Crippen LogP contribution in [0.1, 0.15) is 33.1 Å². The molecule has 3 unspecified atom stereocenters. The van der Waals surface area contributed by atoms with E-state index in [1.54, 1.807) is 4.90 Å². The fourth-order valence-electron chi connectivity index (χ4n) is 2.99. The number of terminal acetylenes is 1. The fourth-order valence-corrected chi connectivity index (χ4v) is 2.99. The maximum absolute atomic E-state index is 11.8. The van der Waals surface area contributed by atoms with Gasteiger partial charge in [-0.3, -0.25) is 10.7 Å². The molecule has 0 aromatic heterocycles. The van der Waals surface area contributed by atoms with Crippen LogP contribution in [-0.4, -0.2) is 28.9 Å². The van der Waals surface area contributed by atoms with Crippen molar-refractivity contribution in [2.45, 2.75) is 38.6 Å². The van der Waals surface area contributed by atoms with Crippen molar-refractivity contribution in [1.29, 1.82) is 5.41 Å². The van der Waals surface area contributed by atoms with Gasteiger partial charge in [-0.05, 0) is 31.1 Å². The quantitative estimate of drug-likeness (QED) is 0.667. The lowest BCUT2D eigenvalue weighted by Gasteiger charge is -2.43. The highest BCUT2D eigenvalue weighted by atomic mass is 16.2. The van der Waals surface area contributed by atoms with Crippen LogP contribution >= 0.6 is 0 Å². The van der Waals surface area contributed by atoms with Crippen molar-refractivity contribution in [2.24, 2.45) is 11.8 Å². The number of nitrogens with zero attached hydrogens (tertiary/aromatic N) is 1. The van der Waals surface area contributed by atoms with Crippen molar-refractivity contribution >= 4 is 11.9 Å². The van der Waals surface area contributed by atoms with Crippen LogP contribution in [0.5, 0.6) is 0 Å². The number of amides is 2. The third kappa shape index (κ3) is 1.70. The largest absolute Gasteiger partial charge is 0.324 e. The fraction of sp³-hybridized carbons (Fsp3) is 0.692. The number of hydrogen-bond acceptors (Lipinski definition) is 2. The summed E-state index contributed by atoms with van der Waals surface area (Å²) in [5, 5.41) is 10.7. The highest BCUT2D eigenvalue weighted by Crippen LogP contribution is 2.42. The van der Waals surface area contributed by atoms with Crippen LogP contribution < -0.4 is 5.32 Å². The van der Waals surface area contributed by atoms with E-state index in [-0.39, 0.29) is 12.6 Å². The number of nitrogens with one attached hydrogen (secondary N) is 2. The highest BCUT2D eigenvalue weighted by molar-refractivity contribution is 6.08. The highest BCUT2D eigenvalue weighted by Gasteiger charge is 2.52. The third-order valence-electron chi connectivity index (χ3n) is 4.35. The Bertz CT molecular complexity index is 398. The van der Waals surface area contributed by atoms with E-state index in [0.717, 1.165) is 19.3 Å². The molecule has 92 valence electrons. The molecule has 2 aliphatic rings. The van der Waals surface area contributed by atoms with Crippen molar-refractivity contribution in [3.63, 3.8) is 0 Å². The molecular weight excluding hydrogens is 214 g/mol. The topological polar surface area (TPSA) is 56.2 Å². The average Bonchev–Trinajstić information content (AvgIpc) is 2.49. The second kappa shape index (κ2) is 4.06. The van der Waals surface area contributed by atoms with Gasteiger partial charge in [0.2, 0.25) is 0 Å². The van der Waals surface area contributed by atoms with Gasteiger partial charge in [0.15, 0.2) is 0 Å². The first-order chi connectivity index (χ1) is 8.01. The van der Waals surface area contributed by atoms with E-state index in [1.165, 1.54) is 0 Å². The normalized spacial score (nSPS) is 37.1. The molecule has 0 aromatic rings. The first-order valence-electron chi connectivity index (χ1n) is 6.12. The zero-order chi connectivity index (χ0) is 12.6. The molecule has 1 aliphatic heterocycles. The van der Waals surface area contributed by atoms with Gasteiger partial charge >= 0.3 is 6.03 Å². The molecule has 0 bridgehead atoms. The molecule has 1 heterocycles. The van der Waals surface area contributed by atoms with Crippen molar-refractivity contribution in [3.8, 4) is 12.3 Å². The van der Waals surface area contributed by atoms with Crippen LogP contribution in [0, 0.1) is 29.6 Å². The molecule has 1 spiro atoms. The Morgan fingerprint density at radius 2 is 2.29 bits per heavy atom. The summed E-state index contributed by atoms with van der Waals surface area (Å²) in [6.45, 7) is 4.71. The lowest BCUT2D eigenvalue weighted by atomic mass is 9.70. The van der Waals surface area contributed by atoms with E-state index >= 15 is 0 Å². The van der Waals surface area contributed by atoms with Gasteiger partial charge in [-0.1, -0.05) is 19.8 Å². The summed E-state index contributed by atoms with van der Waals surface area (Å²) in [7, 11) is 0. The molecule has 2 fully saturated rings. The number of hydrogen-bond donors (Lipinski definition) is 2. The van der Waals surface area contributed by atoms with Crippen LogP contribution in [0.3, 0.4) is 0 Å². The molecule has 2 N–H and O–H groups in total. The molecule has 4 heteroatoms. The molecule has 4 nitrogen and oxygen atoms in total. The summed E-state index contributed by atoms with van der Waals surface area (Å²) < 4.78 is 0. The van der Waals surface area contributed by atoms with Crippen LogP contribution in [0.25, 0.3) is 0 Å². The Balaban J connectivity index is 2.30. The standard InChI is InChI=1S/C13H19N3O/c1-4-7-16-12(17)15-11(14)13(16)6-5-9(2)10(3)8-13/h1,9-10H,5-8H2,2-3H3,(H2,14,15,17). The lowest BCUT2D eigenvalue weighted by molar-refractivity contribution is 0.112. The van der Waals surface area contributed by atoms with Gasteiger partial charge in [-0.25, -0.2) is 4.79 Å². The molecular formula is C13H19N3O. The predicted molar refractivity (Wildman–Crippen MR) is 66.7 cm³/mol. The van der Waals surface area contributed by atoms with E-state index in [1.807, 2.05) is 0 Å². The van der Waals surface area contributed by atoms with E-state index in [0.29, 0.717) is 17.7 Å². The summed E-state index contributed by atoms with van der Waals surface area (Å²) in [6, 6.07) is -0.213. The second-order valence-electron chi connectivity index (χ2n) is 5.32. The van der Waals surface area contributed by atoms with Crippen LogP contribution in [0.15, 0.2) is 0 Å². The minimum absolute atomic E-state index is 0.213. The Labute approximate surface area is 102 Å². The van der Waals surface area contributed by atoms with Crippen molar-refractivity contribution in [1.82, 2.24) is 10.2 Å². The zero-order valence-corrected chi connectivity index (χ0v) is 10.4. The number of rotatable bonds is 1.